The van der Waals surface area contributed by atoms with E-state index in [-0.39, 0.29) is 18.1 Å². The van der Waals surface area contributed by atoms with E-state index in [1.807, 2.05) is 11.0 Å². The van der Waals surface area contributed by atoms with E-state index in [1.165, 1.54) is 11.1 Å². The topological polar surface area (TPSA) is 55.6 Å². The van der Waals surface area contributed by atoms with Crippen LogP contribution >= 0.6 is 0 Å². The fourth-order valence-corrected chi connectivity index (χ4v) is 3.84. The monoisotopic (exact) mass is 302 g/mol. The van der Waals surface area contributed by atoms with Crippen LogP contribution in [0.2, 0.25) is 0 Å². The molecular formula is C18H26N2O2. The number of piperidine rings is 1. The van der Waals surface area contributed by atoms with Crippen molar-refractivity contribution in [2.45, 2.75) is 44.8 Å². The number of carbonyl (C=O) groups excluding carboxylic acids is 1. The van der Waals surface area contributed by atoms with E-state index < -0.39 is 0 Å². The molecule has 0 saturated carbocycles. The Kier molecular flexibility index (Phi) is 4.79. The molecule has 0 aromatic heterocycles. The number of fused-ring (bicyclic) bond motifs is 1. The van der Waals surface area contributed by atoms with Gasteiger partial charge in [-0.15, -0.1) is 0 Å². The van der Waals surface area contributed by atoms with Crippen LogP contribution < -0.4 is 5.73 Å². The van der Waals surface area contributed by atoms with Gasteiger partial charge in [0.05, 0.1) is 19.1 Å². The Morgan fingerprint density at radius 3 is 3.05 bits per heavy atom. The molecule has 3 rings (SSSR count). The molecule has 0 radical (unpaired) electrons. The lowest BCUT2D eigenvalue weighted by Gasteiger charge is -2.40. The molecule has 0 unspecified atom stereocenters. The van der Waals surface area contributed by atoms with Gasteiger partial charge in [-0.1, -0.05) is 31.2 Å². The summed E-state index contributed by atoms with van der Waals surface area (Å²) < 4.78 is 5.88. The molecule has 2 aliphatic rings. The van der Waals surface area contributed by atoms with E-state index >= 15 is 0 Å². The minimum Gasteiger partial charge on any atom is -0.373 e. The molecule has 2 N–H and O–H groups in total. The van der Waals surface area contributed by atoms with Gasteiger partial charge in [0.1, 0.15) is 0 Å². The molecule has 3 atom stereocenters. The predicted octanol–water partition coefficient (Wildman–Crippen LogP) is 2.28. The third-order valence-corrected chi connectivity index (χ3v) is 5.13. The van der Waals surface area contributed by atoms with Gasteiger partial charge in [0.25, 0.3) is 0 Å². The normalized spacial score (nSPS) is 28.3. The molecule has 120 valence electrons. The van der Waals surface area contributed by atoms with E-state index in [1.54, 1.807) is 0 Å². The Hall–Kier alpha value is -1.39. The van der Waals surface area contributed by atoms with Gasteiger partial charge in [-0.05, 0) is 36.3 Å². The first-order valence-corrected chi connectivity index (χ1v) is 8.39. The number of nitrogens with zero attached hydrogens (tertiary/aromatic N) is 1. The number of ether oxygens (including phenoxy) is 1. The quantitative estimate of drug-likeness (QED) is 0.932. The molecule has 1 amide bonds. The predicted molar refractivity (Wildman–Crippen MR) is 86.4 cm³/mol. The highest BCUT2D eigenvalue weighted by molar-refractivity contribution is 5.77. The summed E-state index contributed by atoms with van der Waals surface area (Å²) in [6, 6.07) is 8.49. The molecule has 1 aromatic rings. The molecule has 4 heteroatoms. The number of carbonyl (C=O) groups is 1. The van der Waals surface area contributed by atoms with Crippen LogP contribution in [0.5, 0.6) is 0 Å². The maximum Gasteiger partial charge on any atom is 0.225 e. The van der Waals surface area contributed by atoms with Crippen LogP contribution in [0.1, 0.15) is 43.4 Å². The van der Waals surface area contributed by atoms with Crippen LogP contribution in [0.3, 0.4) is 0 Å². The van der Waals surface area contributed by atoms with Gasteiger partial charge < -0.3 is 15.4 Å². The molecule has 4 nitrogen and oxygen atoms in total. The van der Waals surface area contributed by atoms with Crippen molar-refractivity contribution < 1.29 is 9.53 Å². The van der Waals surface area contributed by atoms with Crippen LogP contribution in [0, 0.1) is 5.92 Å². The van der Waals surface area contributed by atoms with E-state index in [9.17, 15) is 4.79 Å². The number of amides is 1. The molecule has 1 fully saturated rings. The Morgan fingerprint density at radius 2 is 2.23 bits per heavy atom. The van der Waals surface area contributed by atoms with E-state index in [0.717, 1.165) is 25.8 Å². The van der Waals surface area contributed by atoms with Crippen LogP contribution in [0.15, 0.2) is 24.3 Å². The first-order valence-electron chi connectivity index (χ1n) is 8.39. The lowest BCUT2D eigenvalue weighted by Crippen LogP contribution is -2.51. The summed E-state index contributed by atoms with van der Waals surface area (Å²) in [5.41, 5.74) is 8.40. The minimum atomic E-state index is -0.104. The SMILES string of the molecule is C[C@@H]1CCCN(C(=O)C[C@H]2OCCc3ccccc32)[C@H]1CN. The first kappa shape index (κ1) is 15.5. The van der Waals surface area contributed by atoms with Crippen molar-refractivity contribution in [2.24, 2.45) is 11.7 Å². The molecule has 1 saturated heterocycles. The third kappa shape index (κ3) is 3.03. The van der Waals surface area contributed by atoms with Crippen molar-refractivity contribution >= 4 is 5.91 Å². The zero-order valence-electron chi connectivity index (χ0n) is 13.3. The summed E-state index contributed by atoms with van der Waals surface area (Å²) in [6.07, 6.45) is 3.50. The summed E-state index contributed by atoms with van der Waals surface area (Å²) in [5.74, 6) is 0.672. The second kappa shape index (κ2) is 6.80. The first-order chi connectivity index (χ1) is 10.7. The fraction of sp³-hybridized carbons (Fsp3) is 0.611. The number of hydrogen-bond acceptors (Lipinski definition) is 3. The molecule has 22 heavy (non-hydrogen) atoms. The van der Waals surface area contributed by atoms with Crippen LogP contribution in [0.25, 0.3) is 0 Å². The van der Waals surface area contributed by atoms with Gasteiger partial charge in [0.15, 0.2) is 0 Å². The van der Waals surface area contributed by atoms with Crippen molar-refractivity contribution in [3.05, 3.63) is 35.4 Å². The van der Waals surface area contributed by atoms with E-state index in [4.69, 9.17) is 10.5 Å². The minimum absolute atomic E-state index is 0.104. The number of likely N-dealkylation sites (tertiary alicyclic amines) is 1. The summed E-state index contributed by atoms with van der Waals surface area (Å²) in [4.78, 5) is 14.8. The Morgan fingerprint density at radius 1 is 1.41 bits per heavy atom. The second-order valence-electron chi connectivity index (χ2n) is 6.52. The van der Waals surface area contributed by atoms with Crippen molar-refractivity contribution in [1.82, 2.24) is 4.90 Å². The van der Waals surface area contributed by atoms with Crippen molar-refractivity contribution in [2.75, 3.05) is 19.7 Å². The maximum absolute atomic E-state index is 12.8. The number of benzene rings is 1. The molecule has 0 aliphatic carbocycles. The number of rotatable bonds is 3. The van der Waals surface area contributed by atoms with Gasteiger partial charge >= 0.3 is 0 Å². The lowest BCUT2D eigenvalue weighted by molar-refractivity contribution is -0.139. The van der Waals surface area contributed by atoms with Crippen molar-refractivity contribution in [3.63, 3.8) is 0 Å². The molecule has 0 spiro atoms. The van der Waals surface area contributed by atoms with Crippen LogP contribution in [-0.4, -0.2) is 36.5 Å². The Bertz CT molecular complexity index is 532. The average Bonchev–Trinajstić information content (AvgIpc) is 2.55. The zero-order valence-corrected chi connectivity index (χ0v) is 13.3. The third-order valence-electron chi connectivity index (χ3n) is 5.13. The van der Waals surface area contributed by atoms with E-state index in [2.05, 4.69) is 25.1 Å². The van der Waals surface area contributed by atoms with Crippen LogP contribution in [-0.2, 0) is 16.0 Å². The molecular weight excluding hydrogens is 276 g/mol. The molecule has 2 heterocycles. The largest absolute Gasteiger partial charge is 0.373 e. The summed E-state index contributed by atoms with van der Waals surface area (Å²) in [6.45, 7) is 4.28. The lowest BCUT2D eigenvalue weighted by atomic mass is 9.89. The smallest absolute Gasteiger partial charge is 0.225 e. The number of nitrogens with two attached hydrogens (primary N) is 1. The van der Waals surface area contributed by atoms with Crippen molar-refractivity contribution in [1.29, 1.82) is 0 Å². The van der Waals surface area contributed by atoms with Gasteiger partial charge in [0, 0.05) is 19.1 Å². The number of hydrogen-bond donors (Lipinski definition) is 1. The summed E-state index contributed by atoms with van der Waals surface area (Å²) in [5, 5.41) is 0. The van der Waals surface area contributed by atoms with Gasteiger partial charge in [-0.25, -0.2) is 0 Å². The van der Waals surface area contributed by atoms with Crippen LogP contribution in [0.4, 0.5) is 0 Å². The highest BCUT2D eigenvalue weighted by Crippen LogP contribution is 2.31. The Balaban J connectivity index is 1.72. The zero-order chi connectivity index (χ0) is 15.5. The summed E-state index contributed by atoms with van der Waals surface area (Å²) in [7, 11) is 0. The summed E-state index contributed by atoms with van der Waals surface area (Å²) >= 11 is 0. The molecule has 0 bridgehead atoms. The van der Waals surface area contributed by atoms with Crippen molar-refractivity contribution in [3.8, 4) is 0 Å². The molecule has 2 aliphatic heterocycles. The standard InChI is InChI=1S/C18H26N2O2/c1-13-5-4-9-20(16(13)12-19)18(21)11-17-15-7-3-2-6-14(15)8-10-22-17/h2-3,6-7,13,16-17H,4-5,8-12,19H2,1H3/t13-,16+,17-/m1/s1. The highest BCUT2D eigenvalue weighted by atomic mass is 16.5. The Labute approximate surface area is 132 Å². The van der Waals surface area contributed by atoms with Gasteiger partial charge in [-0.3, -0.25) is 4.79 Å². The van der Waals surface area contributed by atoms with Gasteiger partial charge in [0.2, 0.25) is 5.91 Å². The molecule has 1 aromatic carbocycles. The fourth-order valence-electron chi connectivity index (χ4n) is 3.84. The maximum atomic E-state index is 12.8. The van der Waals surface area contributed by atoms with E-state index in [0.29, 0.717) is 25.5 Å². The average molecular weight is 302 g/mol. The highest BCUT2D eigenvalue weighted by Gasteiger charge is 2.33. The van der Waals surface area contributed by atoms with Gasteiger partial charge in [-0.2, -0.15) is 0 Å². The second-order valence-corrected chi connectivity index (χ2v) is 6.52.